The summed E-state index contributed by atoms with van der Waals surface area (Å²) in [5, 5.41) is 4.83. The number of anilines is 1. The van der Waals surface area contributed by atoms with Crippen LogP contribution in [0.3, 0.4) is 0 Å². The fourth-order valence-electron chi connectivity index (χ4n) is 1.50. The molecule has 0 aliphatic carbocycles. The molecule has 0 bridgehead atoms. The molecule has 0 unspecified atom stereocenters. The van der Waals surface area contributed by atoms with E-state index in [2.05, 4.69) is 34.9 Å². The minimum absolute atomic E-state index is 0.498. The predicted molar refractivity (Wildman–Crippen MR) is 76.7 cm³/mol. The van der Waals surface area contributed by atoms with E-state index in [0.29, 0.717) is 11.1 Å². The smallest absolute Gasteiger partial charge is 0.140 e. The van der Waals surface area contributed by atoms with Gasteiger partial charge in [-0.05, 0) is 18.2 Å². The maximum Gasteiger partial charge on any atom is 0.140 e. The van der Waals surface area contributed by atoms with Gasteiger partial charge in [0.15, 0.2) is 0 Å². The third-order valence-electron chi connectivity index (χ3n) is 2.19. The maximum atomic E-state index is 6.10. The van der Waals surface area contributed by atoms with E-state index >= 15 is 0 Å². The molecule has 90 valence electrons. The van der Waals surface area contributed by atoms with Gasteiger partial charge in [-0.2, -0.15) is 5.10 Å². The lowest BCUT2D eigenvalue weighted by Gasteiger charge is -2.06. The zero-order valence-corrected chi connectivity index (χ0v) is 12.1. The van der Waals surface area contributed by atoms with Crippen LogP contribution in [0.5, 0.6) is 0 Å². The standard InChI is InChI=1S/C12H14BrN3S/c1-8(2)17-11-7-15-16(12(11)14)10-5-3-4-9(13)6-10/h3-8H,14H2,1-2H3. The molecule has 0 saturated heterocycles. The number of nitrogen functional groups attached to an aromatic ring is 1. The van der Waals surface area contributed by atoms with Gasteiger partial charge in [0.1, 0.15) is 5.82 Å². The summed E-state index contributed by atoms with van der Waals surface area (Å²) in [7, 11) is 0. The van der Waals surface area contributed by atoms with Crippen LogP contribution in [0.25, 0.3) is 5.69 Å². The summed E-state index contributed by atoms with van der Waals surface area (Å²) in [5.74, 6) is 0.696. The molecule has 2 N–H and O–H groups in total. The first-order valence-corrected chi connectivity index (χ1v) is 7.01. The van der Waals surface area contributed by atoms with E-state index in [-0.39, 0.29) is 0 Å². The lowest BCUT2D eigenvalue weighted by atomic mass is 10.3. The highest BCUT2D eigenvalue weighted by Gasteiger charge is 2.10. The molecule has 1 aromatic heterocycles. The minimum atomic E-state index is 0.498. The van der Waals surface area contributed by atoms with Crippen LogP contribution in [0.1, 0.15) is 13.8 Å². The zero-order valence-electron chi connectivity index (χ0n) is 9.72. The van der Waals surface area contributed by atoms with Crippen LogP contribution in [0, 0.1) is 0 Å². The summed E-state index contributed by atoms with van der Waals surface area (Å²) in [4.78, 5) is 1.03. The molecular weight excluding hydrogens is 298 g/mol. The molecule has 0 amide bonds. The average Bonchev–Trinajstić information content (AvgIpc) is 2.60. The van der Waals surface area contributed by atoms with Gasteiger partial charge in [0, 0.05) is 9.72 Å². The fraction of sp³-hybridized carbons (Fsp3) is 0.250. The number of benzene rings is 1. The van der Waals surface area contributed by atoms with Crippen LogP contribution < -0.4 is 5.73 Å². The maximum absolute atomic E-state index is 6.10. The van der Waals surface area contributed by atoms with E-state index in [1.54, 1.807) is 16.4 Å². The van der Waals surface area contributed by atoms with E-state index in [0.717, 1.165) is 15.1 Å². The molecule has 0 aliphatic rings. The van der Waals surface area contributed by atoms with Gasteiger partial charge in [-0.15, -0.1) is 11.8 Å². The first-order chi connectivity index (χ1) is 8.08. The Kier molecular flexibility index (Phi) is 3.79. The Bertz CT molecular complexity index is 522. The van der Waals surface area contributed by atoms with Crippen molar-refractivity contribution in [3.05, 3.63) is 34.9 Å². The van der Waals surface area contributed by atoms with E-state index in [9.17, 15) is 0 Å². The Morgan fingerprint density at radius 3 is 2.82 bits per heavy atom. The third-order valence-corrected chi connectivity index (χ3v) is 3.72. The van der Waals surface area contributed by atoms with Crippen LogP contribution in [-0.4, -0.2) is 15.0 Å². The van der Waals surface area contributed by atoms with Gasteiger partial charge in [-0.3, -0.25) is 0 Å². The molecule has 2 aromatic rings. The molecule has 0 atom stereocenters. The van der Waals surface area contributed by atoms with Crippen molar-refractivity contribution in [2.75, 3.05) is 5.73 Å². The number of hydrogen-bond acceptors (Lipinski definition) is 3. The summed E-state index contributed by atoms with van der Waals surface area (Å²) in [6, 6.07) is 7.92. The van der Waals surface area contributed by atoms with Crippen molar-refractivity contribution in [2.24, 2.45) is 0 Å². The lowest BCUT2D eigenvalue weighted by molar-refractivity contribution is 0.890. The molecule has 0 spiro atoms. The van der Waals surface area contributed by atoms with Crippen molar-refractivity contribution in [1.82, 2.24) is 9.78 Å². The number of thioether (sulfide) groups is 1. The van der Waals surface area contributed by atoms with Crippen molar-refractivity contribution in [2.45, 2.75) is 24.0 Å². The van der Waals surface area contributed by atoms with Gasteiger partial charge >= 0.3 is 0 Å². The Morgan fingerprint density at radius 1 is 1.41 bits per heavy atom. The highest BCUT2D eigenvalue weighted by molar-refractivity contribution is 9.10. The topological polar surface area (TPSA) is 43.8 Å². The van der Waals surface area contributed by atoms with E-state index < -0.39 is 0 Å². The second kappa shape index (κ2) is 5.14. The monoisotopic (exact) mass is 311 g/mol. The van der Waals surface area contributed by atoms with Crippen LogP contribution >= 0.6 is 27.7 Å². The predicted octanol–water partition coefficient (Wildman–Crippen LogP) is 3.72. The summed E-state index contributed by atoms with van der Waals surface area (Å²) in [6.45, 7) is 4.28. The van der Waals surface area contributed by atoms with Crippen LogP contribution in [0.2, 0.25) is 0 Å². The lowest BCUT2D eigenvalue weighted by Crippen LogP contribution is -2.02. The molecule has 1 aromatic carbocycles. The second-order valence-electron chi connectivity index (χ2n) is 3.95. The van der Waals surface area contributed by atoms with Gasteiger partial charge < -0.3 is 5.73 Å². The molecule has 17 heavy (non-hydrogen) atoms. The van der Waals surface area contributed by atoms with Crippen molar-refractivity contribution < 1.29 is 0 Å². The number of halogens is 1. The molecule has 0 fully saturated rings. The number of nitrogens with zero attached hydrogens (tertiary/aromatic N) is 2. The van der Waals surface area contributed by atoms with E-state index in [4.69, 9.17) is 5.73 Å². The minimum Gasteiger partial charge on any atom is -0.383 e. The Labute approximate surface area is 114 Å². The normalized spacial score (nSPS) is 11.1. The van der Waals surface area contributed by atoms with Gasteiger partial charge in [0.05, 0.1) is 16.8 Å². The van der Waals surface area contributed by atoms with Crippen LogP contribution in [-0.2, 0) is 0 Å². The number of nitrogens with two attached hydrogens (primary N) is 1. The number of rotatable bonds is 3. The first-order valence-electron chi connectivity index (χ1n) is 5.34. The fourth-order valence-corrected chi connectivity index (χ4v) is 2.71. The molecule has 0 saturated carbocycles. The van der Waals surface area contributed by atoms with Crippen molar-refractivity contribution >= 4 is 33.5 Å². The highest BCUT2D eigenvalue weighted by Crippen LogP contribution is 2.30. The summed E-state index contributed by atoms with van der Waals surface area (Å²) >= 11 is 5.17. The largest absolute Gasteiger partial charge is 0.383 e. The van der Waals surface area contributed by atoms with Crippen LogP contribution in [0.4, 0.5) is 5.82 Å². The SMILES string of the molecule is CC(C)Sc1cnn(-c2cccc(Br)c2)c1N. The van der Waals surface area contributed by atoms with E-state index in [1.165, 1.54) is 0 Å². The van der Waals surface area contributed by atoms with Gasteiger partial charge in [-0.1, -0.05) is 35.8 Å². The third kappa shape index (κ3) is 2.84. The Hall–Kier alpha value is -0.940. The van der Waals surface area contributed by atoms with Gasteiger partial charge in [0.25, 0.3) is 0 Å². The van der Waals surface area contributed by atoms with E-state index in [1.807, 2.05) is 30.5 Å². The molecule has 1 heterocycles. The van der Waals surface area contributed by atoms with Gasteiger partial charge in [0.2, 0.25) is 0 Å². The molecule has 0 aliphatic heterocycles. The molecule has 0 radical (unpaired) electrons. The number of aromatic nitrogens is 2. The van der Waals surface area contributed by atoms with Crippen molar-refractivity contribution in [3.8, 4) is 5.69 Å². The zero-order chi connectivity index (χ0) is 12.4. The summed E-state index contributed by atoms with van der Waals surface area (Å²) in [5.41, 5.74) is 7.06. The van der Waals surface area contributed by atoms with Crippen molar-refractivity contribution in [3.63, 3.8) is 0 Å². The molecule has 5 heteroatoms. The average molecular weight is 312 g/mol. The Balaban J connectivity index is 2.37. The van der Waals surface area contributed by atoms with Gasteiger partial charge in [-0.25, -0.2) is 4.68 Å². The highest BCUT2D eigenvalue weighted by atomic mass is 79.9. The Morgan fingerprint density at radius 2 is 2.18 bits per heavy atom. The summed E-state index contributed by atoms with van der Waals surface area (Å²) < 4.78 is 2.78. The molecule has 3 nitrogen and oxygen atoms in total. The van der Waals surface area contributed by atoms with Crippen molar-refractivity contribution in [1.29, 1.82) is 0 Å². The molecular formula is C12H14BrN3S. The first kappa shape index (κ1) is 12.5. The number of hydrogen-bond donors (Lipinski definition) is 1. The summed E-state index contributed by atoms with van der Waals surface area (Å²) in [6.07, 6.45) is 1.82. The van der Waals surface area contributed by atoms with Crippen LogP contribution in [0.15, 0.2) is 39.8 Å². The second-order valence-corrected chi connectivity index (χ2v) is 6.49. The quantitative estimate of drug-likeness (QED) is 0.879. The molecule has 2 rings (SSSR count).